The van der Waals surface area contributed by atoms with Crippen molar-refractivity contribution in [1.29, 1.82) is 0 Å². The van der Waals surface area contributed by atoms with E-state index in [-0.39, 0.29) is 56.4 Å². The summed E-state index contributed by atoms with van der Waals surface area (Å²) in [7, 11) is 0. The van der Waals surface area contributed by atoms with Crippen molar-refractivity contribution >= 4 is 17.9 Å². The summed E-state index contributed by atoms with van der Waals surface area (Å²) >= 11 is 0. The number of hydrogen-bond acceptors (Lipinski definition) is 10. The molecule has 0 aromatic heterocycles. The molecule has 5 aliphatic rings. The van der Waals surface area contributed by atoms with Crippen LogP contribution >= 0.6 is 0 Å². The molecule has 0 unspecified atom stereocenters. The predicted molar refractivity (Wildman–Crippen MR) is 132 cm³/mol. The molecule has 2 saturated carbocycles. The standard InChI is InChI=1S/C28H42O10/c1-17(2)34-16-35-22-10-24(5)25(6,21(37-19(4)30)11-26(38-24)12-23(31)33-13-26)20-8-7-9-27(14-36-27)28(20,22)15-32-18(3)29/h17,20-22H,7-16H2,1-6H3/t20-,21+,22+,24+,25+,26+,27+,28+/m1/s1. The Morgan fingerprint density at radius 1 is 1.08 bits per heavy atom. The normalized spacial score (nSPS) is 45.4. The van der Waals surface area contributed by atoms with E-state index in [0.717, 1.165) is 19.3 Å². The fourth-order valence-electron chi connectivity index (χ4n) is 8.31. The number of carbonyl (C=O) groups is 3. The molecule has 0 N–H and O–H groups in total. The van der Waals surface area contributed by atoms with E-state index in [0.29, 0.717) is 19.4 Å². The quantitative estimate of drug-likeness (QED) is 0.207. The minimum absolute atomic E-state index is 0.0265. The van der Waals surface area contributed by atoms with Crippen molar-refractivity contribution in [1.82, 2.24) is 0 Å². The molecule has 5 rings (SSSR count). The van der Waals surface area contributed by atoms with Gasteiger partial charge in [-0.15, -0.1) is 0 Å². The highest BCUT2D eigenvalue weighted by atomic mass is 16.7. The maximum Gasteiger partial charge on any atom is 0.308 e. The van der Waals surface area contributed by atoms with Crippen LogP contribution in [0.2, 0.25) is 0 Å². The summed E-state index contributed by atoms with van der Waals surface area (Å²) in [5.74, 6) is -1.21. The van der Waals surface area contributed by atoms with Gasteiger partial charge >= 0.3 is 17.9 Å². The topological polar surface area (TPSA) is 119 Å². The summed E-state index contributed by atoms with van der Waals surface area (Å²) in [4.78, 5) is 36.9. The molecule has 5 fully saturated rings. The van der Waals surface area contributed by atoms with Gasteiger partial charge in [-0.1, -0.05) is 13.3 Å². The Morgan fingerprint density at radius 2 is 1.82 bits per heavy atom. The first kappa shape index (κ1) is 27.8. The average molecular weight is 539 g/mol. The number of cyclic esters (lactones) is 1. The van der Waals surface area contributed by atoms with E-state index in [1.165, 1.54) is 13.8 Å². The van der Waals surface area contributed by atoms with Crippen molar-refractivity contribution < 1.29 is 47.5 Å². The lowest BCUT2D eigenvalue weighted by Crippen LogP contribution is -2.77. The number of fused-ring (bicyclic) bond motifs is 4. The first-order valence-electron chi connectivity index (χ1n) is 13.9. The fraction of sp³-hybridized carbons (Fsp3) is 0.893. The maximum atomic E-state index is 12.5. The summed E-state index contributed by atoms with van der Waals surface area (Å²) in [6.45, 7) is 11.7. The molecule has 10 heteroatoms. The largest absolute Gasteiger partial charge is 0.465 e. The SMILES string of the molecule is CC(=O)OC[C@@]12[C@@H](OCOC(C)C)C[C@]3(C)O[C@@]4(COC(=O)C4)C[C@H](OC(C)=O)[C@]3(C)[C@H]1CCC[C@]21CO1. The number of hydrogen-bond donors (Lipinski definition) is 0. The Balaban J connectivity index is 1.63. The van der Waals surface area contributed by atoms with Crippen LogP contribution in [0.15, 0.2) is 0 Å². The third kappa shape index (κ3) is 4.17. The minimum atomic E-state index is -0.886. The molecular weight excluding hydrogens is 496 g/mol. The highest BCUT2D eigenvalue weighted by Gasteiger charge is 2.80. The molecule has 3 heterocycles. The van der Waals surface area contributed by atoms with E-state index in [1.807, 2.05) is 20.8 Å². The smallest absolute Gasteiger partial charge is 0.308 e. The van der Waals surface area contributed by atoms with Gasteiger partial charge in [-0.25, -0.2) is 0 Å². The van der Waals surface area contributed by atoms with Gasteiger partial charge in [0.05, 0.1) is 36.3 Å². The van der Waals surface area contributed by atoms with Crippen molar-refractivity contribution in [2.24, 2.45) is 16.7 Å². The summed E-state index contributed by atoms with van der Waals surface area (Å²) in [5.41, 5.74) is -3.63. The summed E-state index contributed by atoms with van der Waals surface area (Å²) in [6, 6.07) is 0. The zero-order valence-corrected chi connectivity index (χ0v) is 23.5. The second-order valence-electron chi connectivity index (χ2n) is 12.7. The molecule has 0 bridgehead atoms. The van der Waals surface area contributed by atoms with Gasteiger partial charge in [0.25, 0.3) is 0 Å². The van der Waals surface area contributed by atoms with Crippen LogP contribution in [-0.2, 0) is 47.5 Å². The minimum Gasteiger partial charge on any atom is -0.465 e. The van der Waals surface area contributed by atoms with Gasteiger partial charge in [0.2, 0.25) is 0 Å². The number of ether oxygens (including phenoxy) is 7. The predicted octanol–water partition coefficient (Wildman–Crippen LogP) is 3.08. The number of epoxide rings is 1. The molecular formula is C28H42O10. The molecule has 2 aliphatic carbocycles. The van der Waals surface area contributed by atoms with E-state index in [2.05, 4.69) is 6.92 Å². The van der Waals surface area contributed by atoms with E-state index in [9.17, 15) is 14.4 Å². The molecule has 0 aromatic rings. The first-order valence-corrected chi connectivity index (χ1v) is 13.9. The van der Waals surface area contributed by atoms with Crippen LogP contribution in [0, 0.1) is 16.7 Å². The van der Waals surface area contributed by atoms with Crippen LogP contribution < -0.4 is 0 Å². The lowest BCUT2D eigenvalue weighted by molar-refractivity contribution is -0.358. The Labute approximate surface area is 224 Å². The van der Waals surface area contributed by atoms with Crippen LogP contribution in [0.4, 0.5) is 0 Å². The van der Waals surface area contributed by atoms with Crippen LogP contribution in [0.1, 0.15) is 80.1 Å². The van der Waals surface area contributed by atoms with Crippen molar-refractivity contribution in [3.63, 3.8) is 0 Å². The van der Waals surface area contributed by atoms with E-state index >= 15 is 0 Å². The van der Waals surface area contributed by atoms with E-state index in [1.54, 1.807) is 0 Å². The second-order valence-corrected chi connectivity index (χ2v) is 12.7. The van der Waals surface area contributed by atoms with Crippen molar-refractivity contribution in [3.8, 4) is 0 Å². The Morgan fingerprint density at radius 3 is 2.39 bits per heavy atom. The van der Waals surface area contributed by atoms with Gasteiger partial charge in [0.1, 0.15) is 37.3 Å². The van der Waals surface area contributed by atoms with Gasteiger partial charge in [-0.05, 0) is 39.5 Å². The van der Waals surface area contributed by atoms with Crippen LogP contribution in [0.3, 0.4) is 0 Å². The third-order valence-corrected chi connectivity index (χ3v) is 10.2. The molecule has 0 aromatic carbocycles. The highest BCUT2D eigenvalue weighted by molar-refractivity contribution is 5.73. The second kappa shape index (κ2) is 9.42. The molecule has 3 saturated heterocycles. The third-order valence-electron chi connectivity index (χ3n) is 10.2. The van der Waals surface area contributed by atoms with E-state index < -0.39 is 39.8 Å². The van der Waals surface area contributed by atoms with Crippen molar-refractivity contribution in [2.75, 3.05) is 26.6 Å². The van der Waals surface area contributed by atoms with Crippen molar-refractivity contribution in [3.05, 3.63) is 0 Å². The lowest BCUT2D eigenvalue weighted by atomic mass is 9.40. The molecule has 2 spiro atoms. The van der Waals surface area contributed by atoms with Crippen LogP contribution in [0.5, 0.6) is 0 Å². The monoisotopic (exact) mass is 538 g/mol. The zero-order valence-electron chi connectivity index (χ0n) is 23.5. The van der Waals surface area contributed by atoms with Crippen LogP contribution in [0.25, 0.3) is 0 Å². The Hall–Kier alpha value is -1.75. The van der Waals surface area contributed by atoms with Gasteiger partial charge in [0, 0.05) is 32.1 Å². The maximum absolute atomic E-state index is 12.5. The van der Waals surface area contributed by atoms with Gasteiger partial charge in [-0.2, -0.15) is 0 Å². The molecule has 10 nitrogen and oxygen atoms in total. The Bertz CT molecular complexity index is 977. The average Bonchev–Trinajstić information content (AvgIpc) is 3.50. The first-order chi connectivity index (χ1) is 17.8. The summed E-state index contributed by atoms with van der Waals surface area (Å²) < 4.78 is 42.9. The van der Waals surface area contributed by atoms with Gasteiger partial charge in [0.15, 0.2) is 0 Å². The number of esters is 3. The van der Waals surface area contributed by atoms with Crippen LogP contribution in [-0.4, -0.2) is 79.6 Å². The highest BCUT2D eigenvalue weighted by Crippen LogP contribution is 2.72. The lowest BCUT2D eigenvalue weighted by Gasteiger charge is -2.70. The summed E-state index contributed by atoms with van der Waals surface area (Å²) in [5, 5.41) is 0. The molecule has 38 heavy (non-hydrogen) atoms. The zero-order chi connectivity index (χ0) is 27.6. The fourth-order valence-corrected chi connectivity index (χ4v) is 8.31. The van der Waals surface area contributed by atoms with Crippen molar-refractivity contribution in [2.45, 2.75) is 115 Å². The number of carbonyl (C=O) groups excluding carboxylic acids is 3. The van der Waals surface area contributed by atoms with E-state index in [4.69, 9.17) is 33.2 Å². The molecule has 214 valence electrons. The van der Waals surface area contributed by atoms with Gasteiger partial charge in [-0.3, -0.25) is 14.4 Å². The van der Waals surface area contributed by atoms with Gasteiger partial charge < -0.3 is 33.2 Å². The summed E-state index contributed by atoms with van der Waals surface area (Å²) in [6.07, 6.45) is 2.40. The molecule has 0 amide bonds. The Kier molecular flexibility index (Phi) is 6.89. The molecule has 8 atom stereocenters. The molecule has 3 aliphatic heterocycles. The molecule has 0 radical (unpaired) electrons. The number of rotatable bonds is 7.